The van der Waals surface area contributed by atoms with E-state index in [1.54, 1.807) is 0 Å². The zero-order chi connectivity index (χ0) is 10.9. The molecule has 0 spiro atoms. The van der Waals surface area contributed by atoms with Crippen molar-refractivity contribution in [1.29, 1.82) is 0 Å². The summed E-state index contributed by atoms with van der Waals surface area (Å²) >= 11 is 0. The predicted molar refractivity (Wildman–Crippen MR) is 64.5 cm³/mol. The Morgan fingerprint density at radius 2 is 1.71 bits per heavy atom. The molecule has 2 nitrogen and oxygen atoms in total. The van der Waals surface area contributed by atoms with Gasteiger partial charge in [0.2, 0.25) is 0 Å². The molecule has 0 radical (unpaired) electrons. The van der Waals surface area contributed by atoms with Gasteiger partial charge in [0.15, 0.2) is 0 Å². The van der Waals surface area contributed by atoms with Gasteiger partial charge in [-0.1, -0.05) is 33.6 Å². The lowest BCUT2D eigenvalue weighted by Gasteiger charge is -2.24. The maximum atomic E-state index is 5.40. The normalized spacial score (nSPS) is 12.0. The maximum absolute atomic E-state index is 5.40. The van der Waals surface area contributed by atoms with Crippen LogP contribution in [-0.2, 0) is 0 Å². The molecule has 0 fully saturated rings. The summed E-state index contributed by atoms with van der Waals surface area (Å²) in [5, 5.41) is 3.34. The fourth-order valence-electron chi connectivity index (χ4n) is 1.70. The molecule has 14 heavy (non-hydrogen) atoms. The van der Waals surface area contributed by atoms with Crippen LogP contribution < -0.4 is 11.1 Å². The molecule has 0 aromatic carbocycles. The van der Waals surface area contributed by atoms with Gasteiger partial charge in [0, 0.05) is 13.1 Å². The first kappa shape index (κ1) is 13.9. The lowest BCUT2D eigenvalue weighted by Crippen LogP contribution is -2.24. The summed E-state index contributed by atoms with van der Waals surface area (Å²) in [5.74, 6) is 0. The minimum atomic E-state index is 0.528. The highest BCUT2D eigenvalue weighted by molar-refractivity contribution is 4.68. The average molecular weight is 200 g/mol. The Labute approximate surface area is 89.6 Å². The van der Waals surface area contributed by atoms with Crippen molar-refractivity contribution in [3.8, 4) is 0 Å². The van der Waals surface area contributed by atoms with Crippen molar-refractivity contribution in [2.45, 2.75) is 52.9 Å². The van der Waals surface area contributed by atoms with Crippen LogP contribution in [0.1, 0.15) is 52.9 Å². The smallest absolute Gasteiger partial charge is 0.00745 e. The van der Waals surface area contributed by atoms with Gasteiger partial charge >= 0.3 is 0 Å². The van der Waals surface area contributed by atoms with Crippen LogP contribution >= 0.6 is 0 Å². The Morgan fingerprint density at radius 3 is 2.29 bits per heavy atom. The zero-order valence-electron chi connectivity index (χ0n) is 10.2. The summed E-state index contributed by atoms with van der Waals surface area (Å²) in [4.78, 5) is 0. The van der Waals surface area contributed by atoms with Crippen LogP contribution in [0.15, 0.2) is 0 Å². The molecule has 86 valence electrons. The lowest BCUT2D eigenvalue weighted by atomic mass is 9.83. The molecule has 0 bridgehead atoms. The molecule has 0 aliphatic heterocycles. The molecule has 0 saturated heterocycles. The van der Waals surface area contributed by atoms with E-state index in [9.17, 15) is 0 Å². The second kappa shape index (κ2) is 8.25. The topological polar surface area (TPSA) is 38.0 Å². The summed E-state index contributed by atoms with van der Waals surface area (Å²) < 4.78 is 0. The molecule has 0 aliphatic rings. The van der Waals surface area contributed by atoms with Crippen LogP contribution in [0.3, 0.4) is 0 Å². The second-order valence-corrected chi connectivity index (χ2v) is 4.91. The van der Waals surface area contributed by atoms with Gasteiger partial charge in [-0.3, -0.25) is 0 Å². The van der Waals surface area contributed by atoms with Crippen molar-refractivity contribution < 1.29 is 0 Å². The third-order valence-corrected chi connectivity index (χ3v) is 2.74. The van der Waals surface area contributed by atoms with Crippen molar-refractivity contribution >= 4 is 0 Å². The first-order valence-electron chi connectivity index (χ1n) is 6.03. The van der Waals surface area contributed by atoms with Gasteiger partial charge in [0.05, 0.1) is 0 Å². The Balaban J connectivity index is 3.35. The number of hydrogen-bond acceptors (Lipinski definition) is 2. The predicted octanol–water partition coefficient (Wildman–Crippen LogP) is 2.53. The van der Waals surface area contributed by atoms with E-state index in [2.05, 4.69) is 26.1 Å². The van der Waals surface area contributed by atoms with Crippen LogP contribution in [-0.4, -0.2) is 19.6 Å². The van der Waals surface area contributed by atoms with Crippen LogP contribution in [0.25, 0.3) is 0 Å². The van der Waals surface area contributed by atoms with Crippen molar-refractivity contribution in [2.24, 2.45) is 11.1 Å². The Morgan fingerprint density at radius 1 is 1.07 bits per heavy atom. The third kappa shape index (κ3) is 8.52. The summed E-state index contributed by atoms with van der Waals surface area (Å²) in [6.45, 7) is 9.84. The first-order chi connectivity index (χ1) is 6.62. The van der Waals surface area contributed by atoms with E-state index in [1.807, 2.05) is 0 Å². The maximum Gasteiger partial charge on any atom is 0.00745 e. The molecule has 0 unspecified atom stereocenters. The Kier molecular flexibility index (Phi) is 8.20. The Hall–Kier alpha value is -0.0800. The number of unbranched alkanes of at least 4 members (excludes halogenated alkanes) is 1. The van der Waals surface area contributed by atoms with Crippen molar-refractivity contribution in [3.63, 3.8) is 0 Å². The SMILES string of the molecule is CCCCC(C)(C)CCCNCCN. The van der Waals surface area contributed by atoms with Gasteiger partial charge < -0.3 is 11.1 Å². The van der Waals surface area contributed by atoms with E-state index in [0.29, 0.717) is 5.41 Å². The first-order valence-corrected chi connectivity index (χ1v) is 6.03. The van der Waals surface area contributed by atoms with Crippen LogP contribution in [0.5, 0.6) is 0 Å². The average Bonchev–Trinajstić information content (AvgIpc) is 2.15. The molecule has 0 heterocycles. The van der Waals surface area contributed by atoms with Gasteiger partial charge in [-0.05, 0) is 31.2 Å². The molecule has 0 aliphatic carbocycles. The van der Waals surface area contributed by atoms with Gasteiger partial charge in [-0.2, -0.15) is 0 Å². The van der Waals surface area contributed by atoms with Gasteiger partial charge in [0.25, 0.3) is 0 Å². The van der Waals surface area contributed by atoms with Crippen LogP contribution in [0.4, 0.5) is 0 Å². The second-order valence-electron chi connectivity index (χ2n) is 4.91. The molecule has 0 aromatic rings. The molecular formula is C12H28N2. The third-order valence-electron chi connectivity index (χ3n) is 2.74. The van der Waals surface area contributed by atoms with Crippen molar-refractivity contribution in [3.05, 3.63) is 0 Å². The van der Waals surface area contributed by atoms with E-state index >= 15 is 0 Å². The summed E-state index contributed by atoms with van der Waals surface area (Å²) in [6.07, 6.45) is 6.64. The zero-order valence-corrected chi connectivity index (χ0v) is 10.2. The lowest BCUT2D eigenvalue weighted by molar-refractivity contribution is 0.288. The van der Waals surface area contributed by atoms with E-state index in [0.717, 1.165) is 19.6 Å². The van der Waals surface area contributed by atoms with E-state index in [1.165, 1.54) is 32.1 Å². The van der Waals surface area contributed by atoms with Crippen molar-refractivity contribution in [1.82, 2.24) is 5.32 Å². The molecular weight excluding hydrogens is 172 g/mol. The van der Waals surface area contributed by atoms with Crippen molar-refractivity contribution in [2.75, 3.05) is 19.6 Å². The highest BCUT2D eigenvalue weighted by Gasteiger charge is 2.15. The highest BCUT2D eigenvalue weighted by Crippen LogP contribution is 2.28. The summed E-state index contributed by atoms with van der Waals surface area (Å²) in [5.41, 5.74) is 5.93. The monoisotopic (exact) mass is 200 g/mol. The molecule has 0 saturated carbocycles. The van der Waals surface area contributed by atoms with Gasteiger partial charge in [0.1, 0.15) is 0 Å². The number of nitrogens with one attached hydrogen (secondary N) is 1. The number of nitrogens with two attached hydrogens (primary N) is 1. The quantitative estimate of drug-likeness (QED) is 0.561. The van der Waals surface area contributed by atoms with E-state index in [-0.39, 0.29) is 0 Å². The fraction of sp³-hybridized carbons (Fsp3) is 1.00. The minimum absolute atomic E-state index is 0.528. The van der Waals surface area contributed by atoms with E-state index < -0.39 is 0 Å². The van der Waals surface area contributed by atoms with E-state index in [4.69, 9.17) is 5.73 Å². The van der Waals surface area contributed by atoms with Crippen LogP contribution in [0.2, 0.25) is 0 Å². The largest absolute Gasteiger partial charge is 0.329 e. The number of hydrogen-bond donors (Lipinski definition) is 2. The van der Waals surface area contributed by atoms with Crippen LogP contribution in [0, 0.1) is 5.41 Å². The molecule has 2 heteroatoms. The summed E-state index contributed by atoms with van der Waals surface area (Å²) in [6, 6.07) is 0. The molecule has 3 N–H and O–H groups in total. The molecule has 0 rings (SSSR count). The molecule has 0 amide bonds. The Bertz CT molecular complexity index is 121. The highest BCUT2D eigenvalue weighted by atomic mass is 14.9. The minimum Gasteiger partial charge on any atom is -0.329 e. The number of rotatable bonds is 9. The van der Waals surface area contributed by atoms with Gasteiger partial charge in [-0.15, -0.1) is 0 Å². The van der Waals surface area contributed by atoms with Gasteiger partial charge in [-0.25, -0.2) is 0 Å². The standard InChI is InChI=1S/C12H28N2/c1-4-5-7-12(2,3)8-6-10-14-11-9-13/h14H,4-11,13H2,1-3H3. The molecule has 0 aromatic heterocycles. The fourth-order valence-corrected chi connectivity index (χ4v) is 1.70. The molecule has 0 atom stereocenters. The summed E-state index contributed by atoms with van der Waals surface area (Å²) in [7, 11) is 0.